The summed E-state index contributed by atoms with van der Waals surface area (Å²) in [5.74, 6) is -0.701. The standard InChI is InChI=1S/C14H11BrN4O4/c1-8-5-12(22-17-8)16-11(20)7-19-13(18-23-14(19)21)9-3-2-4-10(15)6-9/h2-6H,7H2,1H3,(H,16,20). The molecule has 1 amide bonds. The van der Waals surface area contributed by atoms with Gasteiger partial charge >= 0.3 is 5.76 Å². The van der Waals surface area contributed by atoms with Gasteiger partial charge in [-0.05, 0) is 19.1 Å². The third-order valence-corrected chi connectivity index (χ3v) is 3.45. The summed E-state index contributed by atoms with van der Waals surface area (Å²) in [5.41, 5.74) is 1.28. The van der Waals surface area contributed by atoms with Crippen molar-refractivity contribution in [3.8, 4) is 11.4 Å². The molecule has 3 aromatic rings. The number of hydrogen-bond acceptors (Lipinski definition) is 6. The molecule has 23 heavy (non-hydrogen) atoms. The first kappa shape index (κ1) is 15.2. The lowest BCUT2D eigenvalue weighted by Crippen LogP contribution is -2.25. The number of halogens is 1. The Balaban J connectivity index is 1.84. The summed E-state index contributed by atoms with van der Waals surface area (Å²) in [4.78, 5) is 23.9. The molecule has 8 nitrogen and oxygen atoms in total. The molecule has 1 N–H and O–H groups in total. The average Bonchev–Trinajstić information content (AvgIpc) is 3.06. The third kappa shape index (κ3) is 3.39. The fraction of sp³-hybridized carbons (Fsp3) is 0.143. The zero-order valence-corrected chi connectivity index (χ0v) is 13.5. The summed E-state index contributed by atoms with van der Waals surface area (Å²) in [6, 6.07) is 8.73. The number of aryl methyl sites for hydroxylation is 1. The van der Waals surface area contributed by atoms with Crippen LogP contribution in [0.3, 0.4) is 0 Å². The number of aromatic nitrogens is 3. The molecular formula is C14H11BrN4O4. The van der Waals surface area contributed by atoms with Crippen LogP contribution in [0.5, 0.6) is 0 Å². The Hall–Kier alpha value is -2.68. The summed E-state index contributed by atoms with van der Waals surface area (Å²) >= 11 is 3.34. The first-order valence-corrected chi connectivity index (χ1v) is 7.38. The molecule has 0 saturated carbocycles. The lowest BCUT2D eigenvalue weighted by atomic mass is 10.2. The quantitative estimate of drug-likeness (QED) is 0.746. The summed E-state index contributed by atoms with van der Waals surface area (Å²) < 4.78 is 11.5. The van der Waals surface area contributed by atoms with Crippen LogP contribution in [0.1, 0.15) is 5.69 Å². The molecule has 3 rings (SSSR count). The molecule has 2 aromatic heterocycles. The van der Waals surface area contributed by atoms with Crippen molar-refractivity contribution in [1.29, 1.82) is 0 Å². The molecule has 0 aliphatic carbocycles. The van der Waals surface area contributed by atoms with Gasteiger partial charge in [-0.1, -0.05) is 38.4 Å². The number of benzene rings is 1. The van der Waals surface area contributed by atoms with Crippen molar-refractivity contribution in [2.45, 2.75) is 13.5 Å². The summed E-state index contributed by atoms with van der Waals surface area (Å²) in [6.07, 6.45) is 0. The maximum absolute atomic E-state index is 12.1. The minimum atomic E-state index is -0.719. The maximum atomic E-state index is 12.1. The van der Waals surface area contributed by atoms with Crippen molar-refractivity contribution < 1.29 is 13.8 Å². The number of amides is 1. The highest BCUT2D eigenvalue weighted by molar-refractivity contribution is 9.10. The maximum Gasteiger partial charge on any atom is 0.442 e. The zero-order chi connectivity index (χ0) is 16.4. The Morgan fingerprint density at radius 1 is 1.30 bits per heavy atom. The highest BCUT2D eigenvalue weighted by atomic mass is 79.9. The van der Waals surface area contributed by atoms with E-state index in [4.69, 9.17) is 4.52 Å². The van der Waals surface area contributed by atoms with Crippen molar-refractivity contribution in [2.75, 3.05) is 5.32 Å². The number of carbonyl (C=O) groups excluding carboxylic acids is 1. The van der Waals surface area contributed by atoms with Crippen LogP contribution in [0.4, 0.5) is 5.88 Å². The van der Waals surface area contributed by atoms with E-state index in [0.29, 0.717) is 11.3 Å². The molecule has 118 valence electrons. The monoisotopic (exact) mass is 378 g/mol. The van der Waals surface area contributed by atoms with E-state index in [1.165, 1.54) is 0 Å². The molecule has 2 heterocycles. The second-order valence-electron chi connectivity index (χ2n) is 4.75. The Labute approximate surface area is 138 Å². The zero-order valence-electron chi connectivity index (χ0n) is 11.9. The Morgan fingerprint density at radius 2 is 2.13 bits per heavy atom. The van der Waals surface area contributed by atoms with Crippen LogP contribution in [0.15, 0.2) is 48.6 Å². The SMILES string of the molecule is Cc1cc(NC(=O)Cn2c(-c3cccc(Br)c3)noc2=O)on1. The molecule has 0 bridgehead atoms. The number of nitrogens with one attached hydrogen (secondary N) is 1. The predicted molar refractivity (Wildman–Crippen MR) is 83.8 cm³/mol. The number of anilines is 1. The van der Waals surface area contributed by atoms with Gasteiger partial charge in [0.05, 0.1) is 5.69 Å². The van der Waals surface area contributed by atoms with Gasteiger partial charge in [-0.2, -0.15) is 0 Å². The molecule has 9 heteroatoms. The molecule has 0 atom stereocenters. The Kier molecular flexibility index (Phi) is 4.11. The fourth-order valence-corrected chi connectivity index (χ4v) is 2.39. The van der Waals surface area contributed by atoms with E-state index < -0.39 is 11.7 Å². The van der Waals surface area contributed by atoms with Gasteiger partial charge in [0.15, 0.2) is 5.82 Å². The number of nitrogens with zero attached hydrogens (tertiary/aromatic N) is 3. The largest absolute Gasteiger partial charge is 0.442 e. The highest BCUT2D eigenvalue weighted by Gasteiger charge is 2.17. The predicted octanol–water partition coefficient (Wildman–Crippen LogP) is 2.20. The minimum absolute atomic E-state index is 0.209. The van der Waals surface area contributed by atoms with Crippen LogP contribution >= 0.6 is 15.9 Å². The minimum Gasteiger partial charge on any atom is -0.338 e. The van der Waals surface area contributed by atoms with E-state index >= 15 is 0 Å². The summed E-state index contributed by atoms with van der Waals surface area (Å²) in [7, 11) is 0. The van der Waals surface area contributed by atoms with Gasteiger partial charge in [-0.3, -0.25) is 14.6 Å². The molecular weight excluding hydrogens is 368 g/mol. The average molecular weight is 379 g/mol. The topological polar surface area (TPSA) is 103 Å². The molecule has 0 saturated heterocycles. The van der Waals surface area contributed by atoms with Gasteiger partial charge in [0, 0.05) is 16.1 Å². The van der Waals surface area contributed by atoms with Gasteiger partial charge in [0.1, 0.15) is 6.54 Å². The van der Waals surface area contributed by atoms with Gasteiger partial charge < -0.3 is 4.52 Å². The second-order valence-corrected chi connectivity index (χ2v) is 5.66. The Bertz CT molecular complexity index is 911. The molecule has 0 aliphatic rings. The molecule has 0 spiro atoms. The van der Waals surface area contributed by atoms with Gasteiger partial charge in [0.2, 0.25) is 11.8 Å². The molecule has 1 aromatic carbocycles. The smallest absolute Gasteiger partial charge is 0.338 e. The Morgan fingerprint density at radius 3 is 2.83 bits per heavy atom. The van der Waals surface area contributed by atoms with Crippen LogP contribution in [0.2, 0.25) is 0 Å². The molecule has 0 radical (unpaired) electrons. The lowest BCUT2D eigenvalue weighted by molar-refractivity contribution is -0.116. The molecule has 0 fully saturated rings. The number of rotatable bonds is 4. The highest BCUT2D eigenvalue weighted by Crippen LogP contribution is 2.20. The van der Waals surface area contributed by atoms with E-state index in [0.717, 1.165) is 9.04 Å². The molecule has 0 aliphatic heterocycles. The van der Waals surface area contributed by atoms with Crippen LogP contribution in [-0.2, 0) is 11.3 Å². The number of carbonyl (C=O) groups is 1. The van der Waals surface area contributed by atoms with Gasteiger partial charge in [-0.15, -0.1) is 0 Å². The van der Waals surface area contributed by atoms with E-state index in [1.54, 1.807) is 31.2 Å². The third-order valence-electron chi connectivity index (χ3n) is 2.96. The molecule has 0 unspecified atom stereocenters. The van der Waals surface area contributed by atoms with Crippen LogP contribution < -0.4 is 11.1 Å². The normalized spacial score (nSPS) is 10.7. The van der Waals surface area contributed by atoms with Crippen LogP contribution in [0, 0.1) is 6.92 Å². The van der Waals surface area contributed by atoms with E-state index in [9.17, 15) is 9.59 Å². The van der Waals surface area contributed by atoms with Crippen molar-refractivity contribution in [3.05, 3.63) is 51.0 Å². The van der Waals surface area contributed by atoms with Crippen molar-refractivity contribution >= 4 is 27.7 Å². The van der Waals surface area contributed by atoms with E-state index in [2.05, 4.69) is 36.1 Å². The second kappa shape index (κ2) is 6.21. The summed E-state index contributed by atoms with van der Waals surface area (Å²) in [5, 5.41) is 9.91. The van der Waals surface area contributed by atoms with Crippen LogP contribution in [-0.4, -0.2) is 20.8 Å². The van der Waals surface area contributed by atoms with Crippen molar-refractivity contribution in [3.63, 3.8) is 0 Å². The fourth-order valence-electron chi connectivity index (χ4n) is 1.99. The van der Waals surface area contributed by atoms with Crippen LogP contribution in [0.25, 0.3) is 11.4 Å². The van der Waals surface area contributed by atoms with E-state index in [-0.39, 0.29) is 18.3 Å². The van der Waals surface area contributed by atoms with Crippen molar-refractivity contribution in [1.82, 2.24) is 14.9 Å². The first-order valence-electron chi connectivity index (χ1n) is 6.58. The van der Waals surface area contributed by atoms with Gasteiger partial charge in [-0.25, -0.2) is 9.36 Å². The van der Waals surface area contributed by atoms with Gasteiger partial charge in [0.25, 0.3) is 0 Å². The lowest BCUT2D eigenvalue weighted by Gasteiger charge is -2.04. The van der Waals surface area contributed by atoms with E-state index in [1.807, 2.05) is 6.07 Å². The first-order chi connectivity index (χ1) is 11.0. The van der Waals surface area contributed by atoms with Crippen molar-refractivity contribution in [2.24, 2.45) is 0 Å². The summed E-state index contributed by atoms with van der Waals surface area (Å²) in [6.45, 7) is 1.47. The number of hydrogen-bond donors (Lipinski definition) is 1.